The van der Waals surface area contributed by atoms with Crippen LogP contribution >= 0.6 is 0 Å². The van der Waals surface area contributed by atoms with Crippen LogP contribution in [0.1, 0.15) is 23.1 Å². The average Bonchev–Trinajstić information content (AvgIpc) is 2.82. The molecule has 0 spiro atoms. The third-order valence-electron chi connectivity index (χ3n) is 3.37. The number of nitrogens with zero attached hydrogens (tertiary/aromatic N) is 1. The minimum Gasteiger partial charge on any atom is -0.497 e. The number of pyridine rings is 1. The van der Waals surface area contributed by atoms with E-state index in [2.05, 4.69) is 23.2 Å². The first kappa shape index (κ1) is 11.0. The lowest BCUT2D eigenvalue weighted by Crippen LogP contribution is -1.86. The fraction of sp³-hybridized carbons (Fsp3) is 0.188. The van der Waals surface area contributed by atoms with Gasteiger partial charge in [-0.2, -0.15) is 0 Å². The first-order valence-corrected chi connectivity index (χ1v) is 6.15. The minimum atomic E-state index is 0.927. The van der Waals surface area contributed by atoms with Gasteiger partial charge in [-0.05, 0) is 59.4 Å². The maximum Gasteiger partial charge on any atom is 0.119 e. The third-order valence-corrected chi connectivity index (χ3v) is 3.37. The van der Waals surface area contributed by atoms with Crippen LogP contribution in [-0.4, -0.2) is 12.1 Å². The first-order chi connectivity index (χ1) is 8.86. The number of hydrogen-bond acceptors (Lipinski definition) is 2. The van der Waals surface area contributed by atoms with Gasteiger partial charge in [-0.3, -0.25) is 4.98 Å². The molecule has 1 aromatic carbocycles. The third kappa shape index (κ3) is 2.02. The summed E-state index contributed by atoms with van der Waals surface area (Å²) in [6, 6.07) is 10.4. The molecule has 2 heteroatoms. The zero-order valence-electron chi connectivity index (χ0n) is 10.4. The normalized spacial score (nSPS) is 15.7. The molecule has 0 atom stereocenters. The van der Waals surface area contributed by atoms with Gasteiger partial charge in [0, 0.05) is 12.4 Å². The Labute approximate surface area is 107 Å². The second kappa shape index (κ2) is 4.65. The summed E-state index contributed by atoms with van der Waals surface area (Å²) < 4.78 is 5.30. The van der Waals surface area contributed by atoms with Gasteiger partial charge in [0.05, 0.1) is 7.11 Å². The van der Waals surface area contributed by atoms with E-state index >= 15 is 0 Å². The predicted molar refractivity (Wildman–Crippen MR) is 73.4 cm³/mol. The van der Waals surface area contributed by atoms with Crippen molar-refractivity contribution in [2.75, 3.05) is 7.11 Å². The number of ether oxygens (including phenoxy) is 1. The molecule has 18 heavy (non-hydrogen) atoms. The van der Waals surface area contributed by atoms with E-state index in [0.29, 0.717) is 0 Å². The maximum absolute atomic E-state index is 5.30. The van der Waals surface area contributed by atoms with Crippen molar-refractivity contribution in [1.82, 2.24) is 4.98 Å². The monoisotopic (exact) mass is 237 g/mol. The van der Waals surface area contributed by atoms with Gasteiger partial charge in [0.15, 0.2) is 0 Å². The number of benzene rings is 1. The Morgan fingerprint density at radius 1 is 1.11 bits per heavy atom. The molecule has 1 aliphatic carbocycles. The van der Waals surface area contributed by atoms with Crippen LogP contribution in [0.4, 0.5) is 0 Å². The van der Waals surface area contributed by atoms with Crippen molar-refractivity contribution in [2.24, 2.45) is 0 Å². The standard InChI is InChI=1S/C16H15NO/c1-18-15-5-4-13-2-3-14(16(13)11-15)10-12-6-8-17-9-7-12/h4-11H,2-3H2,1H3/b14-10-. The van der Waals surface area contributed by atoms with Gasteiger partial charge in [0.1, 0.15) is 5.75 Å². The lowest BCUT2D eigenvalue weighted by molar-refractivity contribution is 0.414. The summed E-state index contributed by atoms with van der Waals surface area (Å²) in [4.78, 5) is 4.04. The quantitative estimate of drug-likeness (QED) is 0.796. The summed E-state index contributed by atoms with van der Waals surface area (Å²) in [6.07, 6.45) is 8.12. The van der Waals surface area contributed by atoms with Crippen LogP contribution in [0.5, 0.6) is 5.75 Å². The van der Waals surface area contributed by atoms with E-state index in [1.54, 1.807) is 7.11 Å². The summed E-state index contributed by atoms with van der Waals surface area (Å²) in [6.45, 7) is 0. The summed E-state index contributed by atoms with van der Waals surface area (Å²) in [5.74, 6) is 0.927. The molecule has 0 N–H and O–H groups in total. The largest absolute Gasteiger partial charge is 0.497 e. The van der Waals surface area contributed by atoms with Crippen LogP contribution in [0.25, 0.3) is 11.6 Å². The van der Waals surface area contributed by atoms with Crippen molar-refractivity contribution in [3.8, 4) is 5.75 Å². The molecule has 90 valence electrons. The zero-order chi connectivity index (χ0) is 12.4. The molecule has 0 aliphatic heterocycles. The Morgan fingerprint density at radius 2 is 1.94 bits per heavy atom. The summed E-state index contributed by atoms with van der Waals surface area (Å²) in [5.41, 5.74) is 5.33. The number of aromatic nitrogens is 1. The van der Waals surface area contributed by atoms with Gasteiger partial charge >= 0.3 is 0 Å². The number of fused-ring (bicyclic) bond motifs is 1. The lowest BCUT2D eigenvalue weighted by atomic mass is 10.0. The highest BCUT2D eigenvalue weighted by molar-refractivity contribution is 5.85. The minimum absolute atomic E-state index is 0.927. The fourth-order valence-electron chi connectivity index (χ4n) is 2.41. The average molecular weight is 237 g/mol. The summed E-state index contributed by atoms with van der Waals surface area (Å²) in [5, 5.41) is 0. The Morgan fingerprint density at radius 3 is 2.72 bits per heavy atom. The van der Waals surface area contributed by atoms with Crippen LogP contribution in [0.15, 0.2) is 42.7 Å². The number of methoxy groups -OCH3 is 1. The fourth-order valence-corrected chi connectivity index (χ4v) is 2.41. The van der Waals surface area contributed by atoms with Crippen LogP contribution < -0.4 is 4.74 Å². The van der Waals surface area contributed by atoms with Crippen LogP contribution in [-0.2, 0) is 6.42 Å². The van der Waals surface area contributed by atoms with E-state index in [-0.39, 0.29) is 0 Å². The number of rotatable bonds is 2. The Bertz CT molecular complexity index is 587. The smallest absolute Gasteiger partial charge is 0.119 e. The van der Waals surface area contributed by atoms with E-state index in [4.69, 9.17) is 4.74 Å². The summed E-state index contributed by atoms with van der Waals surface area (Å²) in [7, 11) is 1.71. The van der Waals surface area contributed by atoms with Crippen LogP contribution in [0.2, 0.25) is 0 Å². The van der Waals surface area contributed by atoms with Crippen molar-refractivity contribution >= 4 is 11.6 Å². The van der Waals surface area contributed by atoms with Crippen molar-refractivity contribution in [3.63, 3.8) is 0 Å². The van der Waals surface area contributed by atoms with Crippen molar-refractivity contribution in [2.45, 2.75) is 12.8 Å². The highest BCUT2D eigenvalue weighted by Gasteiger charge is 2.16. The molecule has 1 aromatic heterocycles. The van der Waals surface area contributed by atoms with Gasteiger partial charge in [-0.25, -0.2) is 0 Å². The second-order valence-electron chi connectivity index (χ2n) is 4.47. The highest BCUT2D eigenvalue weighted by Crippen LogP contribution is 2.35. The van der Waals surface area contributed by atoms with Crippen LogP contribution in [0, 0.1) is 0 Å². The van der Waals surface area contributed by atoms with E-state index in [0.717, 1.165) is 18.6 Å². The molecule has 2 aromatic rings. The molecule has 0 saturated carbocycles. The van der Waals surface area contributed by atoms with Gasteiger partial charge < -0.3 is 4.74 Å². The van der Waals surface area contributed by atoms with E-state index in [9.17, 15) is 0 Å². The first-order valence-electron chi connectivity index (χ1n) is 6.15. The van der Waals surface area contributed by atoms with Crippen LogP contribution in [0.3, 0.4) is 0 Å². The Hall–Kier alpha value is -2.09. The predicted octanol–water partition coefficient (Wildman–Crippen LogP) is 3.58. The number of hydrogen-bond donors (Lipinski definition) is 0. The summed E-state index contributed by atoms with van der Waals surface area (Å²) >= 11 is 0. The molecule has 0 radical (unpaired) electrons. The molecular formula is C16H15NO. The van der Waals surface area contributed by atoms with Crippen molar-refractivity contribution in [3.05, 3.63) is 59.4 Å². The Balaban J connectivity index is 2.01. The van der Waals surface area contributed by atoms with E-state index < -0.39 is 0 Å². The molecule has 1 heterocycles. The van der Waals surface area contributed by atoms with Gasteiger partial charge in [0.25, 0.3) is 0 Å². The Kier molecular flexibility index (Phi) is 2.85. The molecule has 2 nitrogen and oxygen atoms in total. The van der Waals surface area contributed by atoms with Crippen molar-refractivity contribution in [1.29, 1.82) is 0 Å². The molecule has 3 rings (SSSR count). The number of aryl methyl sites for hydroxylation is 1. The molecule has 0 amide bonds. The zero-order valence-corrected chi connectivity index (χ0v) is 10.4. The molecule has 0 fully saturated rings. The molecule has 0 unspecified atom stereocenters. The molecule has 0 bridgehead atoms. The molecule has 0 saturated heterocycles. The van der Waals surface area contributed by atoms with Gasteiger partial charge in [-0.1, -0.05) is 12.1 Å². The lowest BCUT2D eigenvalue weighted by Gasteiger charge is -2.05. The van der Waals surface area contributed by atoms with Gasteiger partial charge in [0.2, 0.25) is 0 Å². The van der Waals surface area contributed by atoms with Crippen molar-refractivity contribution < 1.29 is 4.74 Å². The topological polar surface area (TPSA) is 22.1 Å². The highest BCUT2D eigenvalue weighted by atomic mass is 16.5. The second-order valence-corrected chi connectivity index (χ2v) is 4.47. The van der Waals surface area contributed by atoms with Gasteiger partial charge in [-0.15, -0.1) is 0 Å². The van der Waals surface area contributed by atoms with E-state index in [1.807, 2.05) is 30.6 Å². The van der Waals surface area contributed by atoms with E-state index in [1.165, 1.54) is 22.3 Å². The number of allylic oxidation sites excluding steroid dienone is 1. The maximum atomic E-state index is 5.30. The molecular weight excluding hydrogens is 222 g/mol. The molecule has 1 aliphatic rings. The SMILES string of the molecule is COc1ccc2c(c1)/C(=C\c1ccncc1)CC2.